The van der Waals surface area contributed by atoms with Gasteiger partial charge in [-0.15, -0.1) is 5.11 Å². The largest absolute Gasteiger partial charge is 0.398 e. The van der Waals surface area contributed by atoms with Crippen LogP contribution in [0.15, 0.2) is 89.7 Å². The van der Waals surface area contributed by atoms with E-state index in [1.807, 2.05) is 0 Å². The second-order valence-corrected chi connectivity index (χ2v) is 17.7. The first kappa shape index (κ1) is 41.9. The van der Waals surface area contributed by atoms with Gasteiger partial charge in [-0.3, -0.25) is 13.7 Å². The minimum Gasteiger partial charge on any atom is -0.398 e. The van der Waals surface area contributed by atoms with Crippen molar-refractivity contribution in [1.29, 1.82) is 0 Å². The van der Waals surface area contributed by atoms with Crippen LogP contribution < -0.4 is 16.8 Å². The van der Waals surface area contributed by atoms with Gasteiger partial charge in [0.25, 0.3) is 10.1 Å². The van der Waals surface area contributed by atoms with Crippen LogP contribution in [0, 0.1) is 0 Å². The number of urea groups is 1. The van der Waals surface area contributed by atoms with Crippen LogP contribution in [0.2, 0.25) is 0 Å². The van der Waals surface area contributed by atoms with Crippen LogP contribution >= 0.6 is 0 Å². The topological polar surface area (TPSA) is 380 Å². The van der Waals surface area contributed by atoms with Crippen molar-refractivity contribution in [2.75, 3.05) is 35.8 Å². The van der Waals surface area contributed by atoms with Crippen LogP contribution in [0.25, 0.3) is 0 Å². The number of carbonyl (C=O) groups excluding carboxylic acids is 1. The smallest absolute Gasteiger partial charge is 0.397 e. The highest BCUT2D eigenvalue weighted by molar-refractivity contribution is 7.92. The van der Waals surface area contributed by atoms with Crippen molar-refractivity contribution in [2.45, 2.75) is 21.2 Å². The number of hydrogen-bond donors (Lipinski definition) is 6. The van der Waals surface area contributed by atoms with Gasteiger partial charge in [0.2, 0.25) is 0 Å². The predicted molar refractivity (Wildman–Crippen MR) is 178 cm³/mol. The van der Waals surface area contributed by atoms with E-state index >= 15 is 0 Å². The second kappa shape index (κ2) is 16.4. The van der Waals surface area contributed by atoms with Gasteiger partial charge in [-0.1, -0.05) is 0 Å². The van der Waals surface area contributed by atoms with Crippen LogP contribution in [0.1, 0.15) is 5.56 Å². The average molecular weight is 830 g/mol. The molecule has 0 unspecified atom stereocenters. The Balaban J connectivity index is 1.87. The van der Waals surface area contributed by atoms with E-state index in [9.17, 15) is 51.4 Å². The van der Waals surface area contributed by atoms with E-state index in [0.29, 0.717) is 6.07 Å². The maximum Gasteiger partial charge on any atom is 0.397 e. The first-order chi connectivity index (χ1) is 23.9. The third-order valence-electron chi connectivity index (χ3n) is 6.14. The van der Waals surface area contributed by atoms with Crippen molar-refractivity contribution in [2.24, 2.45) is 26.2 Å². The normalized spacial score (nSPS) is 13.1. The summed E-state index contributed by atoms with van der Waals surface area (Å²) in [7, 11) is -23.3. The van der Waals surface area contributed by atoms with Crippen LogP contribution in [0.4, 0.5) is 33.2 Å². The summed E-state index contributed by atoms with van der Waals surface area (Å²) in [6.45, 7) is -2.23. The van der Waals surface area contributed by atoms with E-state index in [1.165, 1.54) is 24.3 Å². The highest BCUT2D eigenvalue weighted by atomic mass is 32.3. The summed E-state index contributed by atoms with van der Waals surface area (Å²) in [5, 5.41) is 17.8. The molecule has 0 spiro atoms. The van der Waals surface area contributed by atoms with Crippen molar-refractivity contribution >= 4 is 85.1 Å². The number of amides is 2. The Morgan fingerprint density at radius 1 is 0.692 bits per heavy atom. The highest BCUT2D eigenvalue weighted by Crippen LogP contribution is 2.34. The Morgan fingerprint density at radius 3 is 1.75 bits per heavy atom. The van der Waals surface area contributed by atoms with Crippen molar-refractivity contribution in [3.8, 4) is 0 Å². The van der Waals surface area contributed by atoms with Gasteiger partial charge >= 0.3 is 26.8 Å². The standard InChI is InChI=1S/C24H27N7O16S5/c25-19-13-21(28-24(26)32)22(31-29-16-1-3-17(4-2-16)48(33,34)9-7-46-51(40,41)42)11-15(19)14-27-30-20-6-5-18(12-23(20)50(37,38)39)49(35,36)10-8-47-52(43,44)45/h1-6,11-13H,7-10,14,25H2,(H3,26,28,32)(H,37,38,39)(H,40,41,42)(H,43,44,45). The maximum atomic E-state index is 12.5. The molecule has 0 heterocycles. The van der Waals surface area contributed by atoms with Gasteiger partial charge in [-0.05, 0) is 54.6 Å². The van der Waals surface area contributed by atoms with Crippen LogP contribution in [0.3, 0.4) is 0 Å². The molecule has 0 aliphatic rings. The summed E-state index contributed by atoms with van der Waals surface area (Å²) in [4.78, 5) is 9.69. The molecule has 3 aromatic rings. The lowest BCUT2D eigenvalue weighted by Crippen LogP contribution is -2.19. The lowest BCUT2D eigenvalue weighted by atomic mass is 10.1. The van der Waals surface area contributed by atoms with Gasteiger partial charge in [-0.2, -0.15) is 40.6 Å². The summed E-state index contributed by atoms with van der Waals surface area (Å²) in [6.07, 6.45) is 0. The zero-order valence-corrected chi connectivity index (χ0v) is 29.9. The summed E-state index contributed by atoms with van der Waals surface area (Å²) in [5.41, 5.74) is 11.0. The van der Waals surface area contributed by atoms with Crippen molar-refractivity contribution in [3.05, 3.63) is 60.2 Å². The van der Waals surface area contributed by atoms with Crippen molar-refractivity contribution in [1.82, 2.24) is 0 Å². The van der Waals surface area contributed by atoms with E-state index < -0.39 is 103 Å². The number of carbonyl (C=O) groups is 1. The molecule has 3 aromatic carbocycles. The number of nitrogen functional groups attached to an aromatic ring is 1. The number of sulfone groups is 2. The first-order valence-corrected chi connectivity index (χ1v) is 21.0. The van der Waals surface area contributed by atoms with Gasteiger partial charge in [0.05, 0.1) is 52.4 Å². The first-order valence-electron chi connectivity index (χ1n) is 13.6. The molecule has 0 saturated heterocycles. The minimum absolute atomic E-state index is 0.00209. The number of azo groups is 2. The molecular weight excluding hydrogens is 803 g/mol. The molecule has 8 N–H and O–H groups in total. The molecule has 0 aliphatic carbocycles. The molecule has 0 bridgehead atoms. The van der Waals surface area contributed by atoms with Gasteiger partial charge in [0.15, 0.2) is 19.7 Å². The van der Waals surface area contributed by atoms with Gasteiger partial charge in [0, 0.05) is 11.3 Å². The molecule has 0 radical (unpaired) electrons. The van der Waals surface area contributed by atoms with Gasteiger partial charge < -0.3 is 16.8 Å². The zero-order chi connectivity index (χ0) is 39.1. The van der Waals surface area contributed by atoms with Crippen LogP contribution in [-0.4, -0.2) is 86.5 Å². The van der Waals surface area contributed by atoms with E-state index in [2.05, 4.69) is 34.1 Å². The van der Waals surface area contributed by atoms with Crippen LogP contribution in [0.5, 0.6) is 0 Å². The fraction of sp³-hybridized carbons (Fsp3) is 0.208. The number of primary amides is 1. The minimum atomic E-state index is -5.10. The van der Waals surface area contributed by atoms with E-state index in [1.54, 1.807) is 0 Å². The Morgan fingerprint density at radius 2 is 1.23 bits per heavy atom. The zero-order valence-electron chi connectivity index (χ0n) is 25.9. The van der Waals surface area contributed by atoms with E-state index in [-0.39, 0.29) is 33.2 Å². The fourth-order valence-corrected chi connectivity index (χ4v) is 7.55. The Bertz CT molecular complexity index is 2460. The average Bonchev–Trinajstić information content (AvgIpc) is 2.99. The lowest BCUT2D eigenvalue weighted by Gasteiger charge is -2.10. The molecule has 284 valence electrons. The third-order valence-corrected chi connectivity index (χ3v) is 11.3. The Kier molecular flexibility index (Phi) is 13.2. The SMILES string of the molecule is NC(=O)Nc1cc(N)c(CN=Nc2ccc(S(=O)(=O)CCOS(=O)(=O)O)cc2S(=O)(=O)O)cc1N=Nc1ccc(S(=O)(=O)CCOS(=O)(=O)O)cc1. The number of rotatable bonds is 17. The molecule has 3 rings (SSSR count). The monoisotopic (exact) mass is 829 g/mol. The van der Waals surface area contributed by atoms with Crippen molar-refractivity contribution in [3.63, 3.8) is 0 Å². The summed E-state index contributed by atoms with van der Waals surface area (Å²) in [6, 6.07) is 8.57. The number of nitrogens with one attached hydrogen (secondary N) is 1. The summed E-state index contributed by atoms with van der Waals surface area (Å²) >= 11 is 0. The molecule has 0 saturated carbocycles. The maximum absolute atomic E-state index is 12.5. The molecular formula is C24H27N7O16S5. The molecule has 52 heavy (non-hydrogen) atoms. The predicted octanol–water partition coefficient (Wildman–Crippen LogP) is 1.89. The van der Waals surface area contributed by atoms with E-state index in [4.69, 9.17) is 20.6 Å². The number of anilines is 2. The third kappa shape index (κ3) is 12.9. The lowest BCUT2D eigenvalue weighted by molar-refractivity contribution is 0.259. The number of nitrogens with zero attached hydrogens (tertiary/aromatic N) is 4. The molecule has 23 nitrogen and oxygen atoms in total. The molecule has 0 aliphatic heterocycles. The molecule has 0 atom stereocenters. The van der Waals surface area contributed by atoms with Gasteiger partial charge in [-0.25, -0.2) is 30.0 Å². The summed E-state index contributed by atoms with van der Waals surface area (Å²) in [5.74, 6) is -1.77. The number of nitrogens with two attached hydrogens (primary N) is 2. The molecule has 2 amide bonds. The molecule has 0 fully saturated rings. The Hall–Kier alpha value is -4.52. The fourth-order valence-electron chi connectivity index (χ4n) is 3.83. The second-order valence-electron chi connectivity index (χ2n) is 9.89. The summed E-state index contributed by atoms with van der Waals surface area (Å²) < 4.78 is 152. The van der Waals surface area contributed by atoms with Crippen molar-refractivity contribution < 1.29 is 68.9 Å². The Labute approximate surface area is 296 Å². The molecule has 28 heteroatoms. The van der Waals surface area contributed by atoms with Crippen LogP contribution in [-0.2, 0) is 65.5 Å². The van der Waals surface area contributed by atoms with Gasteiger partial charge in [0.1, 0.15) is 16.3 Å². The number of benzene rings is 3. The van der Waals surface area contributed by atoms with E-state index in [0.717, 1.165) is 24.3 Å². The highest BCUT2D eigenvalue weighted by Gasteiger charge is 2.23. The quantitative estimate of drug-likeness (QED) is 0.0642. The molecule has 0 aromatic heterocycles. The number of hydrogen-bond acceptors (Lipinski definition) is 18.